The number of anilines is 1. The van der Waals surface area contributed by atoms with Gasteiger partial charge in [-0.2, -0.15) is 0 Å². The van der Waals surface area contributed by atoms with E-state index in [2.05, 4.69) is 10.3 Å². The molecule has 0 fully saturated rings. The van der Waals surface area contributed by atoms with Crippen LogP contribution in [-0.4, -0.2) is 10.9 Å². The van der Waals surface area contributed by atoms with E-state index in [0.717, 1.165) is 12.1 Å². The maximum Gasteiger partial charge on any atom is 0.258 e. The van der Waals surface area contributed by atoms with Crippen molar-refractivity contribution in [3.05, 3.63) is 57.8 Å². The zero-order valence-corrected chi connectivity index (χ0v) is 10.8. The molecule has 0 spiro atoms. The van der Waals surface area contributed by atoms with Crippen LogP contribution in [0, 0.1) is 11.6 Å². The molecule has 3 nitrogen and oxygen atoms in total. The van der Waals surface area contributed by atoms with Crippen LogP contribution in [0.15, 0.2) is 30.5 Å². The summed E-state index contributed by atoms with van der Waals surface area (Å²) in [4.78, 5) is 15.5. The Morgan fingerprint density at radius 3 is 2.58 bits per heavy atom. The first-order valence-electron chi connectivity index (χ1n) is 5.05. The van der Waals surface area contributed by atoms with Crippen LogP contribution < -0.4 is 5.32 Å². The molecule has 0 unspecified atom stereocenters. The van der Waals surface area contributed by atoms with Crippen LogP contribution in [0.2, 0.25) is 10.2 Å². The van der Waals surface area contributed by atoms with Gasteiger partial charge in [-0.15, -0.1) is 0 Å². The number of benzene rings is 1. The summed E-state index contributed by atoms with van der Waals surface area (Å²) in [6, 6.07) is 4.32. The number of carbonyl (C=O) groups excluding carboxylic acids is 1. The third-order valence-corrected chi connectivity index (χ3v) is 2.74. The van der Waals surface area contributed by atoms with Crippen LogP contribution in [0.5, 0.6) is 0 Å². The smallest absolute Gasteiger partial charge is 0.258 e. The number of aromatic nitrogens is 1. The number of nitrogens with zero attached hydrogens (tertiary/aromatic N) is 1. The summed E-state index contributed by atoms with van der Waals surface area (Å²) in [6.45, 7) is 0. The molecule has 0 aliphatic heterocycles. The molecule has 0 aliphatic rings. The Bertz CT molecular complexity index is 650. The summed E-state index contributed by atoms with van der Waals surface area (Å²) in [5, 5.41) is 2.15. The number of hydrogen-bond donors (Lipinski definition) is 1. The minimum atomic E-state index is -0.913. The predicted molar refractivity (Wildman–Crippen MR) is 68.6 cm³/mol. The Balaban J connectivity index is 2.28. The van der Waals surface area contributed by atoms with Crippen molar-refractivity contribution in [1.29, 1.82) is 0 Å². The fraction of sp³-hybridized carbons (Fsp3) is 0. The highest BCUT2D eigenvalue weighted by molar-refractivity contribution is 6.31. The van der Waals surface area contributed by atoms with E-state index in [9.17, 15) is 13.6 Å². The highest BCUT2D eigenvalue weighted by Crippen LogP contribution is 2.20. The Morgan fingerprint density at radius 1 is 1.16 bits per heavy atom. The Hall–Kier alpha value is -1.72. The molecule has 19 heavy (non-hydrogen) atoms. The van der Waals surface area contributed by atoms with Crippen molar-refractivity contribution >= 4 is 34.8 Å². The maximum atomic E-state index is 13.5. The molecule has 0 radical (unpaired) electrons. The third-order valence-electron chi connectivity index (χ3n) is 2.24. The Labute approximate surface area is 117 Å². The Kier molecular flexibility index (Phi) is 3.97. The van der Waals surface area contributed by atoms with Gasteiger partial charge < -0.3 is 5.32 Å². The van der Waals surface area contributed by atoms with Gasteiger partial charge in [-0.3, -0.25) is 4.79 Å². The van der Waals surface area contributed by atoms with E-state index in [1.54, 1.807) is 0 Å². The van der Waals surface area contributed by atoms with Gasteiger partial charge in [-0.25, -0.2) is 13.8 Å². The summed E-state index contributed by atoms with van der Waals surface area (Å²) >= 11 is 11.0. The van der Waals surface area contributed by atoms with Gasteiger partial charge in [0.25, 0.3) is 5.91 Å². The lowest BCUT2D eigenvalue weighted by atomic mass is 10.2. The molecular formula is C12H6Cl2F2N2O. The van der Waals surface area contributed by atoms with Gasteiger partial charge in [-0.1, -0.05) is 23.2 Å². The van der Waals surface area contributed by atoms with Crippen LogP contribution in [0.25, 0.3) is 0 Å². The van der Waals surface area contributed by atoms with Crippen molar-refractivity contribution in [2.45, 2.75) is 0 Å². The number of halogens is 4. The van der Waals surface area contributed by atoms with Crippen LogP contribution in [-0.2, 0) is 0 Å². The van der Waals surface area contributed by atoms with Gasteiger partial charge in [0.2, 0.25) is 0 Å². The van der Waals surface area contributed by atoms with Crippen LogP contribution in [0.3, 0.4) is 0 Å². The van der Waals surface area contributed by atoms with Crippen molar-refractivity contribution in [2.75, 3.05) is 5.32 Å². The van der Waals surface area contributed by atoms with E-state index >= 15 is 0 Å². The standard InChI is InChI=1S/C12H6Cl2F2N2O/c13-8-5-9(15)7(4-10(8)16)12(19)18-6-1-2-17-11(14)3-6/h1-5H,(H,17,18,19). The topological polar surface area (TPSA) is 42.0 Å². The van der Waals surface area contributed by atoms with E-state index < -0.39 is 23.1 Å². The van der Waals surface area contributed by atoms with Gasteiger partial charge in [0, 0.05) is 11.9 Å². The first kappa shape index (κ1) is 13.7. The molecule has 0 bridgehead atoms. The Morgan fingerprint density at radius 2 is 1.89 bits per heavy atom. The first-order valence-corrected chi connectivity index (χ1v) is 5.80. The van der Waals surface area contributed by atoms with Crippen molar-refractivity contribution in [3.8, 4) is 0 Å². The minimum Gasteiger partial charge on any atom is -0.322 e. The summed E-state index contributed by atoms with van der Waals surface area (Å²) in [7, 11) is 0. The average Bonchev–Trinajstić information content (AvgIpc) is 2.33. The zero-order valence-electron chi connectivity index (χ0n) is 9.25. The second-order valence-electron chi connectivity index (χ2n) is 3.57. The molecule has 1 aromatic heterocycles. The summed E-state index contributed by atoms with van der Waals surface area (Å²) in [5.74, 6) is -2.60. The minimum absolute atomic E-state index is 0.167. The van der Waals surface area contributed by atoms with E-state index in [1.807, 2.05) is 0 Å². The molecule has 1 N–H and O–H groups in total. The second-order valence-corrected chi connectivity index (χ2v) is 4.36. The maximum absolute atomic E-state index is 13.5. The van der Waals surface area contributed by atoms with Crippen molar-refractivity contribution in [3.63, 3.8) is 0 Å². The van der Waals surface area contributed by atoms with E-state index in [-0.39, 0.29) is 10.2 Å². The van der Waals surface area contributed by atoms with Gasteiger partial charge in [0.15, 0.2) is 0 Å². The SMILES string of the molecule is O=C(Nc1ccnc(Cl)c1)c1cc(F)c(Cl)cc1F. The van der Waals surface area contributed by atoms with Crippen LogP contribution in [0.4, 0.5) is 14.5 Å². The molecular weight excluding hydrogens is 297 g/mol. The van der Waals surface area contributed by atoms with Gasteiger partial charge in [0.05, 0.1) is 10.6 Å². The predicted octanol–water partition coefficient (Wildman–Crippen LogP) is 3.92. The number of amides is 1. The number of carbonyl (C=O) groups is 1. The lowest BCUT2D eigenvalue weighted by molar-refractivity contribution is 0.102. The first-order chi connectivity index (χ1) is 8.97. The third kappa shape index (κ3) is 3.19. The quantitative estimate of drug-likeness (QED) is 0.675. The van der Waals surface area contributed by atoms with Gasteiger partial charge in [0.1, 0.15) is 16.8 Å². The second kappa shape index (κ2) is 5.50. The molecule has 1 aromatic carbocycles. The highest BCUT2D eigenvalue weighted by atomic mass is 35.5. The van der Waals surface area contributed by atoms with Crippen LogP contribution >= 0.6 is 23.2 Å². The number of pyridine rings is 1. The van der Waals surface area contributed by atoms with E-state index in [0.29, 0.717) is 5.69 Å². The molecule has 0 aliphatic carbocycles. The lowest BCUT2D eigenvalue weighted by Gasteiger charge is -2.07. The molecule has 0 saturated heterocycles. The normalized spacial score (nSPS) is 10.3. The number of hydrogen-bond acceptors (Lipinski definition) is 2. The lowest BCUT2D eigenvalue weighted by Crippen LogP contribution is -2.14. The van der Waals surface area contributed by atoms with Gasteiger partial charge in [-0.05, 0) is 24.3 Å². The van der Waals surface area contributed by atoms with Crippen molar-refractivity contribution in [1.82, 2.24) is 4.98 Å². The molecule has 7 heteroatoms. The van der Waals surface area contributed by atoms with Crippen molar-refractivity contribution in [2.24, 2.45) is 0 Å². The largest absolute Gasteiger partial charge is 0.322 e. The summed E-state index contributed by atoms with van der Waals surface area (Å²) in [6.07, 6.45) is 1.37. The molecule has 2 aromatic rings. The average molecular weight is 303 g/mol. The molecule has 1 amide bonds. The molecule has 2 rings (SSSR count). The van der Waals surface area contributed by atoms with E-state index in [1.165, 1.54) is 18.3 Å². The fourth-order valence-electron chi connectivity index (χ4n) is 1.38. The van der Waals surface area contributed by atoms with E-state index in [4.69, 9.17) is 23.2 Å². The molecule has 0 saturated carbocycles. The number of nitrogens with one attached hydrogen (secondary N) is 1. The fourth-order valence-corrected chi connectivity index (χ4v) is 1.70. The monoisotopic (exact) mass is 302 g/mol. The number of rotatable bonds is 2. The van der Waals surface area contributed by atoms with Crippen molar-refractivity contribution < 1.29 is 13.6 Å². The van der Waals surface area contributed by atoms with Crippen LogP contribution in [0.1, 0.15) is 10.4 Å². The zero-order chi connectivity index (χ0) is 14.0. The summed E-state index contributed by atoms with van der Waals surface area (Å²) < 4.78 is 26.7. The molecule has 1 heterocycles. The molecule has 98 valence electrons. The highest BCUT2D eigenvalue weighted by Gasteiger charge is 2.15. The molecule has 0 atom stereocenters. The van der Waals surface area contributed by atoms with Gasteiger partial charge >= 0.3 is 0 Å². The summed E-state index contributed by atoms with van der Waals surface area (Å²) in [5.41, 5.74) is -0.130.